The number of rotatable bonds is 2. The topological polar surface area (TPSA) is 85.4 Å². The van der Waals surface area contributed by atoms with Gasteiger partial charge in [-0.1, -0.05) is 0 Å². The number of aromatic amines is 1. The molecular formula is C12H13FN6. The number of fused-ring (bicyclic) bond motifs is 1. The van der Waals surface area contributed by atoms with Crippen molar-refractivity contribution in [3.63, 3.8) is 0 Å². The van der Waals surface area contributed by atoms with Crippen LogP contribution in [0.2, 0.25) is 0 Å². The van der Waals surface area contributed by atoms with Crippen molar-refractivity contribution in [3.05, 3.63) is 24.0 Å². The molecule has 0 aliphatic rings. The number of H-pyrrole nitrogens is 1. The molecule has 6 nitrogen and oxygen atoms in total. The summed E-state index contributed by atoms with van der Waals surface area (Å²) in [4.78, 5) is 8.54. The molecule has 0 unspecified atom stereocenters. The third-order valence-electron chi connectivity index (χ3n) is 2.88. The van der Waals surface area contributed by atoms with E-state index in [1.54, 1.807) is 6.07 Å². The minimum Gasteiger partial charge on any atom is -0.366 e. The lowest BCUT2D eigenvalue weighted by atomic mass is 10.3. The number of nitrogens with zero attached hydrogens (tertiary/aromatic N) is 4. The van der Waals surface area contributed by atoms with Crippen LogP contribution in [0, 0.1) is 5.82 Å². The van der Waals surface area contributed by atoms with Gasteiger partial charge in [0.2, 0.25) is 5.95 Å². The van der Waals surface area contributed by atoms with E-state index in [4.69, 9.17) is 5.73 Å². The van der Waals surface area contributed by atoms with E-state index in [1.165, 1.54) is 12.1 Å². The molecule has 3 N–H and O–H groups in total. The van der Waals surface area contributed by atoms with Crippen LogP contribution in [0.25, 0.3) is 22.7 Å². The van der Waals surface area contributed by atoms with Gasteiger partial charge in [0.05, 0.1) is 11.0 Å². The van der Waals surface area contributed by atoms with Crippen LogP contribution in [0.1, 0.15) is 19.9 Å². The molecule has 2 aromatic heterocycles. The first kappa shape index (κ1) is 11.6. The van der Waals surface area contributed by atoms with Crippen molar-refractivity contribution in [2.75, 3.05) is 5.73 Å². The van der Waals surface area contributed by atoms with Crippen molar-refractivity contribution in [1.82, 2.24) is 24.7 Å². The SMILES string of the molecule is CC(C)n1c(-c2nc(N)n[nH]2)nc2ccc(F)cc21. The summed E-state index contributed by atoms with van der Waals surface area (Å²) in [6.45, 7) is 3.99. The monoisotopic (exact) mass is 260 g/mol. The number of hydrogen-bond donors (Lipinski definition) is 2. The van der Waals surface area contributed by atoms with Gasteiger partial charge in [-0.25, -0.2) is 9.37 Å². The molecule has 0 aliphatic carbocycles. The Morgan fingerprint density at radius 2 is 2.11 bits per heavy atom. The quantitative estimate of drug-likeness (QED) is 0.739. The van der Waals surface area contributed by atoms with Gasteiger partial charge in [0.15, 0.2) is 11.6 Å². The van der Waals surface area contributed by atoms with Crippen LogP contribution in [-0.4, -0.2) is 24.7 Å². The summed E-state index contributed by atoms with van der Waals surface area (Å²) in [7, 11) is 0. The Hall–Kier alpha value is -2.44. The molecule has 0 amide bonds. The Morgan fingerprint density at radius 3 is 2.74 bits per heavy atom. The van der Waals surface area contributed by atoms with Crippen molar-refractivity contribution < 1.29 is 4.39 Å². The fourth-order valence-corrected chi connectivity index (χ4v) is 2.13. The first-order chi connectivity index (χ1) is 9.06. The molecule has 3 aromatic rings. The van der Waals surface area contributed by atoms with Crippen molar-refractivity contribution in [2.45, 2.75) is 19.9 Å². The molecule has 1 aromatic carbocycles. The normalized spacial score (nSPS) is 11.6. The Labute approximate surface area is 108 Å². The first-order valence-corrected chi connectivity index (χ1v) is 5.92. The number of nitrogen functional groups attached to an aromatic ring is 1. The lowest BCUT2D eigenvalue weighted by molar-refractivity contribution is 0.611. The minimum atomic E-state index is -0.294. The molecule has 0 fully saturated rings. The van der Waals surface area contributed by atoms with Gasteiger partial charge >= 0.3 is 0 Å². The van der Waals surface area contributed by atoms with Gasteiger partial charge in [0, 0.05) is 6.04 Å². The van der Waals surface area contributed by atoms with Gasteiger partial charge in [-0.05, 0) is 32.0 Å². The third kappa shape index (κ3) is 1.83. The molecule has 2 heterocycles. The molecule has 0 saturated carbocycles. The van der Waals surface area contributed by atoms with Crippen LogP contribution in [0.3, 0.4) is 0 Å². The molecule has 0 radical (unpaired) electrons. The number of nitrogens with one attached hydrogen (secondary N) is 1. The molecule has 7 heteroatoms. The van der Waals surface area contributed by atoms with Crippen LogP contribution in [-0.2, 0) is 0 Å². The molecule has 0 aliphatic heterocycles. The van der Waals surface area contributed by atoms with Crippen molar-refractivity contribution in [2.24, 2.45) is 0 Å². The van der Waals surface area contributed by atoms with Gasteiger partial charge in [-0.15, -0.1) is 5.10 Å². The van der Waals surface area contributed by atoms with Gasteiger partial charge < -0.3 is 10.3 Å². The largest absolute Gasteiger partial charge is 0.366 e. The van der Waals surface area contributed by atoms with E-state index >= 15 is 0 Å². The number of nitrogens with two attached hydrogens (primary N) is 1. The second-order valence-corrected chi connectivity index (χ2v) is 4.57. The molecule has 3 rings (SSSR count). The maximum atomic E-state index is 13.4. The highest BCUT2D eigenvalue weighted by molar-refractivity contribution is 5.79. The van der Waals surface area contributed by atoms with Crippen LogP contribution in [0.4, 0.5) is 10.3 Å². The van der Waals surface area contributed by atoms with E-state index in [-0.39, 0.29) is 17.8 Å². The van der Waals surface area contributed by atoms with Gasteiger partial charge in [-0.2, -0.15) is 4.98 Å². The van der Waals surface area contributed by atoms with E-state index in [2.05, 4.69) is 20.2 Å². The minimum absolute atomic E-state index is 0.105. The molecular weight excluding hydrogens is 247 g/mol. The first-order valence-electron chi connectivity index (χ1n) is 5.92. The molecule has 0 bridgehead atoms. The number of anilines is 1. The van der Waals surface area contributed by atoms with Gasteiger partial charge in [0.1, 0.15) is 5.82 Å². The van der Waals surface area contributed by atoms with E-state index in [1.807, 2.05) is 18.4 Å². The molecule has 98 valence electrons. The van der Waals surface area contributed by atoms with Crippen LogP contribution < -0.4 is 5.73 Å². The molecule has 0 spiro atoms. The Balaban J connectivity index is 2.32. The second-order valence-electron chi connectivity index (χ2n) is 4.57. The maximum Gasteiger partial charge on any atom is 0.239 e. The van der Waals surface area contributed by atoms with Crippen LogP contribution in [0.15, 0.2) is 18.2 Å². The van der Waals surface area contributed by atoms with Gasteiger partial charge in [-0.3, -0.25) is 5.10 Å². The summed E-state index contributed by atoms with van der Waals surface area (Å²) in [6, 6.07) is 4.60. The lowest BCUT2D eigenvalue weighted by Crippen LogP contribution is -2.04. The standard InChI is InChI=1S/C12H13FN6/c1-6(2)19-9-5-7(13)3-4-8(9)15-11(19)10-16-12(14)18-17-10/h3-6H,1-2H3,(H3,14,16,17,18). The third-order valence-corrected chi connectivity index (χ3v) is 2.88. The summed E-state index contributed by atoms with van der Waals surface area (Å²) in [5.41, 5.74) is 6.94. The maximum absolute atomic E-state index is 13.4. The van der Waals surface area contributed by atoms with Crippen LogP contribution >= 0.6 is 0 Å². The average Bonchev–Trinajstić information content (AvgIpc) is 2.91. The number of aromatic nitrogens is 5. The summed E-state index contributed by atoms with van der Waals surface area (Å²) in [5.74, 6) is 0.934. The Morgan fingerprint density at radius 1 is 1.32 bits per heavy atom. The van der Waals surface area contributed by atoms with Crippen molar-refractivity contribution >= 4 is 17.0 Å². The predicted molar refractivity (Wildman–Crippen MR) is 69.9 cm³/mol. The average molecular weight is 260 g/mol. The highest BCUT2D eigenvalue weighted by Gasteiger charge is 2.18. The summed E-state index contributed by atoms with van der Waals surface area (Å²) >= 11 is 0. The number of imidazole rings is 1. The summed E-state index contributed by atoms with van der Waals surface area (Å²) < 4.78 is 15.3. The van der Waals surface area contributed by atoms with E-state index in [9.17, 15) is 4.39 Å². The molecule has 19 heavy (non-hydrogen) atoms. The zero-order valence-corrected chi connectivity index (χ0v) is 10.6. The molecule has 0 saturated heterocycles. The van der Waals surface area contributed by atoms with Crippen molar-refractivity contribution in [3.8, 4) is 11.6 Å². The zero-order valence-electron chi connectivity index (χ0n) is 10.6. The molecule has 0 atom stereocenters. The number of hydrogen-bond acceptors (Lipinski definition) is 4. The lowest BCUT2D eigenvalue weighted by Gasteiger charge is -2.11. The van der Waals surface area contributed by atoms with E-state index in [0.717, 1.165) is 5.52 Å². The number of halogens is 1. The second kappa shape index (κ2) is 4.04. The fourth-order valence-electron chi connectivity index (χ4n) is 2.13. The Bertz CT molecular complexity index is 742. The highest BCUT2D eigenvalue weighted by atomic mass is 19.1. The smallest absolute Gasteiger partial charge is 0.239 e. The summed E-state index contributed by atoms with van der Waals surface area (Å²) in [5, 5.41) is 6.52. The van der Waals surface area contributed by atoms with E-state index in [0.29, 0.717) is 17.2 Å². The predicted octanol–water partition coefficient (Wildman–Crippen LogP) is 2.12. The van der Waals surface area contributed by atoms with Crippen molar-refractivity contribution in [1.29, 1.82) is 0 Å². The zero-order chi connectivity index (χ0) is 13.6. The van der Waals surface area contributed by atoms with Gasteiger partial charge in [0.25, 0.3) is 0 Å². The number of benzene rings is 1. The summed E-state index contributed by atoms with van der Waals surface area (Å²) in [6.07, 6.45) is 0. The Kier molecular flexibility index (Phi) is 2.48. The van der Waals surface area contributed by atoms with Crippen LogP contribution in [0.5, 0.6) is 0 Å². The highest BCUT2D eigenvalue weighted by Crippen LogP contribution is 2.27. The fraction of sp³-hybridized carbons (Fsp3) is 0.250. The van der Waals surface area contributed by atoms with E-state index < -0.39 is 0 Å².